The summed E-state index contributed by atoms with van der Waals surface area (Å²) in [6.07, 6.45) is 7.86. The maximum atomic E-state index is 13.1. The lowest BCUT2D eigenvalue weighted by atomic mass is 9.93. The lowest BCUT2D eigenvalue weighted by Crippen LogP contribution is -2.44. The quantitative estimate of drug-likeness (QED) is 0.280. The Morgan fingerprint density at radius 3 is 2.20 bits per heavy atom. The number of fused-ring (bicyclic) bond motifs is 1. The number of likely N-dealkylation sites (tertiary alicyclic amines) is 1. The van der Waals surface area contributed by atoms with Gasteiger partial charge < -0.3 is 25.3 Å². The van der Waals surface area contributed by atoms with Crippen molar-refractivity contribution in [3.05, 3.63) is 58.0 Å². The van der Waals surface area contributed by atoms with Crippen molar-refractivity contribution in [2.45, 2.75) is 94.9 Å². The number of pyridine rings is 1. The zero-order valence-electron chi connectivity index (χ0n) is 25.2. The summed E-state index contributed by atoms with van der Waals surface area (Å²) in [5.41, 5.74) is -0.715. The van der Waals surface area contributed by atoms with Gasteiger partial charge >= 0.3 is 17.9 Å². The Labute approximate surface area is 260 Å². The molecular weight excluding hydrogens is 586 g/mol. The summed E-state index contributed by atoms with van der Waals surface area (Å²) in [4.78, 5) is 69.8. The number of nitrogens with zero attached hydrogens (tertiary/aromatic N) is 5. The average molecular weight is 628 g/mol. The van der Waals surface area contributed by atoms with E-state index in [1.54, 1.807) is 12.3 Å². The predicted octanol–water partition coefficient (Wildman–Crippen LogP) is 1.49. The molecule has 2 aliphatic heterocycles. The highest BCUT2D eigenvalue weighted by atomic mass is 16.4. The van der Waals surface area contributed by atoms with E-state index < -0.39 is 36.4 Å². The van der Waals surface area contributed by atoms with Crippen molar-refractivity contribution in [1.29, 1.82) is 0 Å². The number of aliphatic carboxylic acids is 3. The number of carboxylic acids is 3. The first-order valence-corrected chi connectivity index (χ1v) is 15.4. The van der Waals surface area contributed by atoms with Gasteiger partial charge in [0, 0.05) is 37.2 Å². The van der Waals surface area contributed by atoms with Gasteiger partial charge in [-0.05, 0) is 63.7 Å². The summed E-state index contributed by atoms with van der Waals surface area (Å²) in [6.45, 7) is 3.62. The Balaban J connectivity index is 0.000000302. The third-order valence-corrected chi connectivity index (χ3v) is 8.41. The van der Waals surface area contributed by atoms with Crippen molar-refractivity contribution in [1.82, 2.24) is 24.3 Å². The average Bonchev–Trinajstić information content (AvgIpc) is 3.84. The number of amides is 1. The second kappa shape index (κ2) is 15.2. The summed E-state index contributed by atoms with van der Waals surface area (Å²) in [5, 5.41) is 33.8. The molecule has 0 atom stereocenters. The second-order valence-corrected chi connectivity index (χ2v) is 12.0. The Kier molecular flexibility index (Phi) is 11.4. The first-order valence-electron chi connectivity index (χ1n) is 15.4. The van der Waals surface area contributed by atoms with Gasteiger partial charge in [0.1, 0.15) is 5.82 Å². The molecule has 1 saturated heterocycles. The van der Waals surface area contributed by atoms with Gasteiger partial charge in [-0.25, -0.2) is 9.78 Å². The zero-order valence-corrected chi connectivity index (χ0v) is 25.2. The van der Waals surface area contributed by atoms with E-state index in [0.29, 0.717) is 25.0 Å². The third-order valence-electron chi connectivity index (χ3n) is 8.41. The van der Waals surface area contributed by atoms with Gasteiger partial charge in [0.2, 0.25) is 5.91 Å². The van der Waals surface area contributed by atoms with Crippen LogP contribution < -0.4 is 5.56 Å². The van der Waals surface area contributed by atoms with Crippen LogP contribution in [0.15, 0.2) is 35.3 Å². The van der Waals surface area contributed by atoms with E-state index in [2.05, 4.69) is 9.88 Å². The molecule has 0 bridgehead atoms. The first kappa shape index (κ1) is 33.7. The highest BCUT2D eigenvalue weighted by Gasteiger charge is 2.41. The van der Waals surface area contributed by atoms with Gasteiger partial charge in [-0.15, -0.1) is 0 Å². The molecule has 14 heteroatoms. The second-order valence-electron chi connectivity index (χ2n) is 12.0. The molecule has 14 nitrogen and oxygen atoms in total. The minimum absolute atomic E-state index is 0.110. The molecule has 1 saturated carbocycles. The monoisotopic (exact) mass is 627 g/mol. The van der Waals surface area contributed by atoms with Crippen molar-refractivity contribution in [3.8, 4) is 0 Å². The van der Waals surface area contributed by atoms with E-state index in [9.17, 15) is 24.0 Å². The van der Waals surface area contributed by atoms with Crippen molar-refractivity contribution >= 4 is 23.8 Å². The molecule has 0 aromatic carbocycles. The molecule has 0 unspecified atom stereocenters. The molecule has 1 aliphatic carbocycles. The number of piperidine rings is 1. The van der Waals surface area contributed by atoms with Crippen LogP contribution in [0.5, 0.6) is 0 Å². The molecule has 4 N–H and O–H groups in total. The van der Waals surface area contributed by atoms with E-state index in [0.717, 1.165) is 81.8 Å². The van der Waals surface area contributed by atoms with Crippen LogP contribution in [0.2, 0.25) is 0 Å². The van der Waals surface area contributed by atoms with Crippen molar-refractivity contribution in [3.63, 3.8) is 0 Å². The standard InChI is InChI=1S/C25H33N5O2.C6H8O7/c31-24-16-22(27-23-7-2-1-5-13-29(23)24)19-10-14-28(15-11-19)18-25(32)30(21-8-9-21)17-20-6-3-4-12-26-20;7-3(8)1-6(13,5(11)12)2-4(9)10/h3-4,6,12,16,19,21H,1-2,5,7-11,13-15,17-18H2;13H,1-2H2,(H,7,8)(H,9,10)(H,11,12). The molecule has 2 aromatic rings. The zero-order chi connectivity index (χ0) is 32.6. The van der Waals surface area contributed by atoms with Crippen LogP contribution in [0.1, 0.15) is 80.9 Å². The van der Waals surface area contributed by atoms with Crippen LogP contribution in [0.25, 0.3) is 0 Å². The molecule has 244 valence electrons. The number of aryl methyl sites for hydroxylation is 1. The third kappa shape index (κ3) is 9.66. The van der Waals surface area contributed by atoms with Gasteiger partial charge in [0.15, 0.2) is 5.60 Å². The number of aromatic nitrogens is 3. The minimum Gasteiger partial charge on any atom is -0.481 e. The number of hydrogen-bond acceptors (Lipinski definition) is 9. The maximum absolute atomic E-state index is 13.1. The van der Waals surface area contributed by atoms with Gasteiger partial charge in [-0.3, -0.25) is 33.6 Å². The Morgan fingerprint density at radius 1 is 0.933 bits per heavy atom. The molecular formula is C31H41N5O9. The SMILES string of the molecule is O=C(CN1CCC(c2cc(=O)n3c(n2)CCCCC3)CC1)N(Cc1ccccn1)C1CC1.O=C(O)CC(O)(CC(=O)O)C(=O)O. The van der Waals surface area contributed by atoms with E-state index in [4.69, 9.17) is 25.4 Å². The maximum Gasteiger partial charge on any atom is 0.336 e. The molecule has 2 fully saturated rings. The topological polar surface area (TPSA) is 203 Å². The first-order chi connectivity index (χ1) is 21.4. The fraction of sp³-hybridized carbons (Fsp3) is 0.581. The highest BCUT2D eigenvalue weighted by molar-refractivity contribution is 5.88. The van der Waals surface area contributed by atoms with E-state index in [1.165, 1.54) is 6.42 Å². The van der Waals surface area contributed by atoms with Crippen molar-refractivity contribution in [2.24, 2.45) is 0 Å². The Hall–Kier alpha value is -4.17. The van der Waals surface area contributed by atoms with Crippen LogP contribution >= 0.6 is 0 Å². The van der Waals surface area contributed by atoms with E-state index in [-0.39, 0.29) is 11.5 Å². The van der Waals surface area contributed by atoms with Crippen molar-refractivity contribution in [2.75, 3.05) is 19.6 Å². The lowest BCUT2D eigenvalue weighted by molar-refractivity contribution is -0.170. The van der Waals surface area contributed by atoms with Gasteiger partial charge in [0.25, 0.3) is 5.56 Å². The molecule has 0 radical (unpaired) electrons. The molecule has 4 heterocycles. The fourth-order valence-electron chi connectivity index (χ4n) is 5.80. The predicted molar refractivity (Wildman–Crippen MR) is 159 cm³/mol. The van der Waals surface area contributed by atoms with Gasteiger partial charge in [0.05, 0.1) is 37.3 Å². The van der Waals surface area contributed by atoms with Gasteiger partial charge in [-0.2, -0.15) is 0 Å². The molecule has 2 aromatic heterocycles. The van der Waals surface area contributed by atoms with Crippen molar-refractivity contribution < 1.29 is 39.6 Å². The molecule has 5 rings (SSSR count). The highest BCUT2D eigenvalue weighted by Crippen LogP contribution is 2.30. The number of carbonyl (C=O) groups excluding carboxylic acids is 1. The number of rotatable bonds is 11. The molecule has 45 heavy (non-hydrogen) atoms. The number of aliphatic hydroxyl groups is 1. The normalized spacial score (nSPS) is 17.3. The van der Waals surface area contributed by atoms with E-state index in [1.807, 2.05) is 27.7 Å². The van der Waals surface area contributed by atoms with Crippen LogP contribution in [0, 0.1) is 0 Å². The largest absolute Gasteiger partial charge is 0.481 e. The lowest BCUT2D eigenvalue weighted by Gasteiger charge is -2.33. The number of carboxylic acid groups (broad SMARTS) is 3. The summed E-state index contributed by atoms with van der Waals surface area (Å²) in [7, 11) is 0. The summed E-state index contributed by atoms with van der Waals surface area (Å²) >= 11 is 0. The van der Waals surface area contributed by atoms with Crippen LogP contribution in [-0.4, -0.2) is 99.9 Å². The molecule has 0 spiro atoms. The summed E-state index contributed by atoms with van der Waals surface area (Å²) in [5.74, 6) is -3.53. The van der Waals surface area contributed by atoms with Crippen LogP contribution in [-0.2, 0) is 38.7 Å². The van der Waals surface area contributed by atoms with E-state index >= 15 is 0 Å². The summed E-state index contributed by atoms with van der Waals surface area (Å²) < 4.78 is 1.87. The number of carbonyl (C=O) groups is 4. The summed E-state index contributed by atoms with van der Waals surface area (Å²) in [6, 6.07) is 8.01. The smallest absolute Gasteiger partial charge is 0.336 e. The molecule has 1 amide bonds. The van der Waals surface area contributed by atoms with Crippen LogP contribution in [0.3, 0.4) is 0 Å². The molecule has 3 aliphatic rings. The minimum atomic E-state index is -2.74. The number of hydrogen-bond donors (Lipinski definition) is 4. The Bertz CT molecular complexity index is 1400. The van der Waals surface area contributed by atoms with Crippen LogP contribution in [0.4, 0.5) is 0 Å². The van der Waals surface area contributed by atoms with Gasteiger partial charge in [-0.1, -0.05) is 12.5 Å². The Morgan fingerprint density at radius 2 is 1.62 bits per heavy atom. The fourth-order valence-corrected chi connectivity index (χ4v) is 5.80.